The third-order valence-electron chi connectivity index (χ3n) is 5.88. The number of allylic oxidation sites excluding steroid dienone is 2. The highest BCUT2D eigenvalue weighted by Gasteiger charge is 2.52. The number of hydrogen-bond acceptors (Lipinski definition) is 1. The Labute approximate surface area is 130 Å². The van der Waals surface area contributed by atoms with Gasteiger partial charge in [0.1, 0.15) is 0 Å². The molecule has 2 aromatic rings. The number of fused-ring (bicyclic) bond motifs is 7. The van der Waals surface area contributed by atoms with Crippen molar-refractivity contribution < 1.29 is 4.79 Å². The van der Waals surface area contributed by atoms with Gasteiger partial charge in [0.05, 0.1) is 6.04 Å². The third kappa shape index (κ3) is 1.44. The Morgan fingerprint density at radius 3 is 2.91 bits per heavy atom. The molecule has 0 unspecified atom stereocenters. The molecule has 1 aliphatic carbocycles. The molecule has 5 rings (SSSR count). The molecule has 0 bridgehead atoms. The van der Waals surface area contributed by atoms with Crippen molar-refractivity contribution in [1.29, 1.82) is 0 Å². The van der Waals surface area contributed by atoms with Gasteiger partial charge >= 0.3 is 0 Å². The fourth-order valence-corrected chi connectivity index (χ4v) is 4.93. The van der Waals surface area contributed by atoms with E-state index in [1.807, 2.05) is 0 Å². The fraction of sp³-hybridized carbons (Fsp3) is 0.421. The zero-order chi connectivity index (χ0) is 14.8. The van der Waals surface area contributed by atoms with Gasteiger partial charge in [-0.1, -0.05) is 30.4 Å². The summed E-state index contributed by atoms with van der Waals surface area (Å²) in [7, 11) is 0. The highest BCUT2D eigenvalue weighted by molar-refractivity contribution is 5.88. The number of H-pyrrole nitrogens is 1. The number of nitrogens with one attached hydrogen (secondary N) is 1. The smallest absolute Gasteiger partial charge is 0.227 e. The van der Waals surface area contributed by atoms with E-state index in [1.165, 1.54) is 22.2 Å². The molecule has 2 aliphatic heterocycles. The number of benzene rings is 1. The van der Waals surface area contributed by atoms with Gasteiger partial charge in [-0.2, -0.15) is 0 Å². The quantitative estimate of drug-likeness (QED) is 0.740. The summed E-state index contributed by atoms with van der Waals surface area (Å²) >= 11 is 0. The molecule has 1 amide bonds. The Hall–Kier alpha value is -2.03. The van der Waals surface area contributed by atoms with Crippen LogP contribution in [0.15, 0.2) is 36.4 Å². The zero-order valence-corrected chi connectivity index (χ0v) is 12.8. The van der Waals surface area contributed by atoms with Crippen LogP contribution in [0, 0.1) is 11.8 Å². The van der Waals surface area contributed by atoms with Crippen molar-refractivity contribution in [2.45, 2.75) is 38.3 Å². The highest BCUT2D eigenvalue weighted by Crippen LogP contribution is 2.51. The minimum atomic E-state index is 0.190. The minimum absolute atomic E-state index is 0.190. The normalized spacial score (nSPS) is 33.0. The number of carbonyl (C=O) groups is 1. The van der Waals surface area contributed by atoms with Crippen LogP contribution in [0.1, 0.15) is 37.1 Å². The van der Waals surface area contributed by atoms with E-state index in [0.717, 1.165) is 19.3 Å². The summed E-state index contributed by atoms with van der Waals surface area (Å²) < 4.78 is 0. The number of nitrogens with zero attached hydrogens (tertiary/aromatic N) is 1. The van der Waals surface area contributed by atoms with E-state index < -0.39 is 0 Å². The average molecular weight is 292 g/mol. The Kier molecular flexibility index (Phi) is 2.42. The second-order valence-corrected chi connectivity index (χ2v) is 7.02. The van der Waals surface area contributed by atoms with Gasteiger partial charge in [-0.15, -0.1) is 0 Å². The largest absolute Gasteiger partial charge is 0.356 e. The predicted molar refractivity (Wildman–Crippen MR) is 86.4 cm³/mol. The summed E-state index contributed by atoms with van der Waals surface area (Å²) in [6.07, 6.45) is 7.36. The SMILES string of the molecule is C[C@@H]1Cc2c([nH]c3ccccc23)[C@@H]2[C@@H]3CC=CC[C@H]3C(=O)N12. The molecule has 3 nitrogen and oxygen atoms in total. The molecule has 1 aromatic carbocycles. The Balaban J connectivity index is 1.73. The van der Waals surface area contributed by atoms with E-state index in [2.05, 4.69) is 53.2 Å². The van der Waals surface area contributed by atoms with Gasteiger partial charge in [0.15, 0.2) is 0 Å². The lowest BCUT2D eigenvalue weighted by Crippen LogP contribution is -2.42. The molecule has 3 heterocycles. The fourth-order valence-electron chi connectivity index (χ4n) is 4.93. The lowest BCUT2D eigenvalue weighted by Gasteiger charge is -2.37. The van der Waals surface area contributed by atoms with Gasteiger partial charge in [0.2, 0.25) is 5.91 Å². The van der Waals surface area contributed by atoms with Gasteiger partial charge in [-0.25, -0.2) is 0 Å². The number of hydrogen-bond donors (Lipinski definition) is 1. The zero-order valence-electron chi connectivity index (χ0n) is 12.8. The molecule has 4 atom stereocenters. The Morgan fingerprint density at radius 2 is 2.00 bits per heavy atom. The van der Waals surface area contributed by atoms with Crippen LogP contribution < -0.4 is 0 Å². The standard InChI is InChI=1S/C19H20N2O/c1-11-10-15-12-6-4-5-9-16(12)20-17(15)18-13-7-2-3-8-14(13)19(22)21(11)18/h2-6,9,11,13-14,18,20H,7-8,10H2,1H3/t11-,13-,14-,18+/m1/s1. The summed E-state index contributed by atoms with van der Waals surface area (Å²) in [5.74, 6) is 0.998. The van der Waals surface area contributed by atoms with E-state index in [4.69, 9.17) is 0 Å². The van der Waals surface area contributed by atoms with Crippen LogP contribution in [0.25, 0.3) is 10.9 Å². The molecule has 1 saturated heterocycles. The molecule has 3 aliphatic rings. The van der Waals surface area contributed by atoms with Crippen molar-refractivity contribution in [2.24, 2.45) is 11.8 Å². The topological polar surface area (TPSA) is 36.1 Å². The summed E-state index contributed by atoms with van der Waals surface area (Å²) in [6.45, 7) is 2.21. The molecule has 0 saturated carbocycles. The van der Waals surface area contributed by atoms with Crippen LogP contribution >= 0.6 is 0 Å². The average Bonchev–Trinajstić information content (AvgIpc) is 3.05. The van der Waals surface area contributed by atoms with Crippen LogP contribution in [-0.4, -0.2) is 21.8 Å². The molecule has 112 valence electrons. The predicted octanol–water partition coefficient (Wildman–Crippen LogP) is 3.58. The van der Waals surface area contributed by atoms with E-state index in [-0.39, 0.29) is 12.0 Å². The first-order valence-electron chi connectivity index (χ1n) is 8.32. The molecular formula is C19H20N2O. The van der Waals surface area contributed by atoms with Gasteiger partial charge in [0, 0.05) is 34.5 Å². The van der Waals surface area contributed by atoms with Crippen molar-refractivity contribution in [2.75, 3.05) is 0 Å². The Bertz CT molecular complexity index is 803. The molecule has 0 radical (unpaired) electrons. The summed E-state index contributed by atoms with van der Waals surface area (Å²) in [5.41, 5.74) is 3.95. The molecule has 1 fully saturated rings. The minimum Gasteiger partial charge on any atom is -0.356 e. The lowest BCUT2D eigenvalue weighted by atomic mass is 9.79. The van der Waals surface area contributed by atoms with Crippen LogP contribution in [0.5, 0.6) is 0 Å². The number of carbonyl (C=O) groups excluding carboxylic acids is 1. The molecule has 1 aromatic heterocycles. The number of aromatic amines is 1. The number of para-hydroxylation sites is 1. The van der Waals surface area contributed by atoms with Gasteiger partial charge < -0.3 is 9.88 Å². The maximum absolute atomic E-state index is 12.9. The van der Waals surface area contributed by atoms with Gasteiger partial charge in [0.25, 0.3) is 0 Å². The van der Waals surface area contributed by atoms with E-state index in [9.17, 15) is 4.79 Å². The van der Waals surface area contributed by atoms with Crippen molar-refractivity contribution >= 4 is 16.8 Å². The molecule has 3 heteroatoms. The second kappa shape index (κ2) is 4.25. The summed E-state index contributed by atoms with van der Waals surface area (Å²) in [6, 6.07) is 9.10. The molecular weight excluding hydrogens is 272 g/mol. The first-order chi connectivity index (χ1) is 10.8. The highest BCUT2D eigenvalue weighted by atomic mass is 16.2. The molecule has 22 heavy (non-hydrogen) atoms. The third-order valence-corrected chi connectivity index (χ3v) is 5.88. The van der Waals surface area contributed by atoms with Crippen LogP contribution in [0.3, 0.4) is 0 Å². The van der Waals surface area contributed by atoms with E-state index in [1.54, 1.807) is 0 Å². The van der Waals surface area contributed by atoms with Crippen LogP contribution in [0.2, 0.25) is 0 Å². The monoisotopic (exact) mass is 292 g/mol. The first-order valence-corrected chi connectivity index (χ1v) is 8.32. The van der Waals surface area contributed by atoms with Gasteiger partial charge in [-0.3, -0.25) is 4.79 Å². The summed E-state index contributed by atoms with van der Waals surface area (Å²) in [5, 5.41) is 1.34. The first kappa shape index (κ1) is 12.5. The van der Waals surface area contributed by atoms with E-state index >= 15 is 0 Å². The lowest BCUT2D eigenvalue weighted by molar-refractivity contribution is -0.134. The van der Waals surface area contributed by atoms with Crippen molar-refractivity contribution in [3.63, 3.8) is 0 Å². The number of aromatic nitrogens is 1. The maximum atomic E-state index is 12.9. The maximum Gasteiger partial charge on any atom is 0.227 e. The number of amides is 1. The molecule has 0 spiro atoms. The van der Waals surface area contributed by atoms with Gasteiger partial charge in [-0.05, 0) is 37.8 Å². The van der Waals surface area contributed by atoms with Crippen molar-refractivity contribution in [3.8, 4) is 0 Å². The Morgan fingerprint density at radius 1 is 1.18 bits per heavy atom. The van der Waals surface area contributed by atoms with E-state index in [0.29, 0.717) is 17.9 Å². The summed E-state index contributed by atoms with van der Waals surface area (Å²) in [4.78, 5) is 18.7. The second-order valence-electron chi connectivity index (χ2n) is 7.02. The number of rotatable bonds is 0. The van der Waals surface area contributed by atoms with Crippen LogP contribution in [0.4, 0.5) is 0 Å². The molecule has 1 N–H and O–H groups in total. The van der Waals surface area contributed by atoms with Crippen molar-refractivity contribution in [1.82, 2.24) is 9.88 Å². The van der Waals surface area contributed by atoms with Crippen LogP contribution in [-0.2, 0) is 11.2 Å². The van der Waals surface area contributed by atoms with Crippen molar-refractivity contribution in [3.05, 3.63) is 47.7 Å².